The fourth-order valence-corrected chi connectivity index (χ4v) is 2.80. The Morgan fingerprint density at radius 2 is 2.00 bits per heavy atom. The molecule has 6 heteroatoms. The van der Waals surface area contributed by atoms with Crippen molar-refractivity contribution in [2.75, 3.05) is 5.32 Å². The molecule has 0 bridgehead atoms. The summed E-state index contributed by atoms with van der Waals surface area (Å²) < 4.78 is 0.900. The van der Waals surface area contributed by atoms with E-state index in [1.807, 2.05) is 36.4 Å². The standard InChI is InChI=1S/C17H16BrN3O2/c18-12-4-1-5-13(7-12)21-17(23)15-8-14(15)16(22)20-10-11-3-2-6-19-9-11/h1-7,9,14-15H,8,10H2,(H,20,22)(H,21,23). The largest absolute Gasteiger partial charge is 0.352 e. The molecule has 1 aliphatic carbocycles. The maximum absolute atomic E-state index is 12.2. The Morgan fingerprint density at radius 3 is 2.74 bits per heavy atom. The summed E-state index contributed by atoms with van der Waals surface area (Å²) in [6.45, 7) is 0.434. The van der Waals surface area contributed by atoms with Gasteiger partial charge in [-0.15, -0.1) is 0 Å². The van der Waals surface area contributed by atoms with Crippen molar-refractivity contribution in [2.24, 2.45) is 11.8 Å². The molecule has 2 unspecified atom stereocenters. The van der Waals surface area contributed by atoms with E-state index in [9.17, 15) is 9.59 Å². The van der Waals surface area contributed by atoms with E-state index in [2.05, 4.69) is 31.5 Å². The molecule has 2 amide bonds. The number of benzene rings is 1. The number of carbonyl (C=O) groups excluding carboxylic acids is 2. The van der Waals surface area contributed by atoms with E-state index >= 15 is 0 Å². The number of nitrogens with one attached hydrogen (secondary N) is 2. The molecule has 0 aliphatic heterocycles. The lowest BCUT2D eigenvalue weighted by Gasteiger charge is -2.06. The summed E-state index contributed by atoms with van der Waals surface area (Å²) in [4.78, 5) is 28.2. The molecule has 2 N–H and O–H groups in total. The number of rotatable bonds is 5. The topological polar surface area (TPSA) is 71.1 Å². The fourth-order valence-electron chi connectivity index (χ4n) is 2.40. The minimum Gasteiger partial charge on any atom is -0.352 e. The summed E-state index contributed by atoms with van der Waals surface area (Å²) in [5.41, 5.74) is 1.67. The maximum atomic E-state index is 12.2. The van der Waals surface area contributed by atoms with Crippen LogP contribution in [-0.4, -0.2) is 16.8 Å². The van der Waals surface area contributed by atoms with Crippen LogP contribution < -0.4 is 10.6 Å². The van der Waals surface area contributed by atoms with Gasteiger partial charge in [0, 0.05) is 29.1 Å². The molecule has 1 aromatic heterocycles. The third-order valence-corrected chi connectivity index (χ3v) is 4.24. The molecule has 0 radical (unpaired) electrons. The van der Waals surface area contributed by atoms with Crippen LogP contribution in [0.5, 0.6) is 0 Å². The predicted octanol–water partition coefficient (Wildman–Crippen LogP) is 2.74. The number of anilines is 1. The van der Waals surface area contributed by atoms with E-state index in [1.54, 1.807) is 12.4 Å². The van der Waals surface area contributed by atoms with E-state index in [0.29, 0.717) is 13.0 Å². The van der Waals surface area contributed by atoms with Gasteiger partial charge in [0.2, 0.25) is 11.8 Å². The van der Waals surface area contributed by atoms with Gasteiger partial charge in [-0.05, 0) is 36.2 Å². The van der Waals surface area contributed by atoms with Crippen LogP contribution in [0.4, 0.5) is 5.69 Å². The van der Waals surface area contributed by atoms with Gasteiger partial charge in [0.05, 0.1) is 11.8 Å². The Bertz CT molecular complexity index is 721. The molecule has 0 saturated heterocycles. The Hall–Kier alpha value is -2.21. The third kappa shape index (κ3) is 4.16. The highest BCUT2D eigenvalue weighted by molar-refractivity contribution is 9.10. The van der Waals surface area contributed by atoms with Crippen molar-refractivity contribution < 1.29 is 9.59 Å². The van der Waals surface area contributed by atoms with Gasteiger partial charge in [-0.3, -0.25) is 14.6 Å². The third-order valence-electron chi connectivity index (χ3n) is 3.75. The van der Waals surface area contributed by atoms with E-state index < -0.39 is 0 Å². The van der Waals surface area contributed by atoms with Crippen LogP contribution in [0.15, 0.2) is 53.3 Å². The van der Waals surface area contributed by atoms with Crippen LogP contribution in [0.2, 0.25) is 0 Å². The van der Waals surface area contributed by atoms with Crippen molar-refractivity contribution in [1.82, 2.24) is 10.3 Å². The summed E-state index contributed by atoms with van der Waals surface area (Å²) in [6, 6.07) is 11.1. The van der Waals surface area contributed by atoms with E-state index in [4.69, 9.17) is 0 Å². The van der Waals surface area contributed by atoms with Crippen molar-refractivity contribution in [2.45, 2.75) is 13.0 Å². The van der Waals surface area contributed by atoms with Crippen LogP contribution in [0, 0.1) is 11.8 Å². The van der Waals surface area contributed by atoms with Crippen molar-refractivity contribution in [1.29, 1.82) is 0 Å². The van der Waals surface area contributed by atoms with E-state index in [0.717, 1.165) is 15.7 Å². The normalized spacial score (nSPS) is 19.0. The number of pyridine rings is 1. The van der Waals surface area contributed by atoms with Gasteiger partial charge in [0.25, 0.3) is 0 Å². The van der Waals surface area contributed by atoms with Crippen LogP contribution in [-0.2, 0) is 16.1 Å². The van der Waals surface area contributed by atoms with Crippen LogP contribution in [0.3, 0.4) is 0 Å². The first kappa shape index (κ1) is 15.7. The lowest BCUT2D eigenvalue weighted by atomic mass is 10.2. The number of hydrogen-bond donors (Lipinski definition) is 2. The predicted molar refractivity (Wildman–Crippen MR) is 90.5 cm³/mol. The van der Waals surface area contributed by atoms with Crippen LogP contribution >= 0.6 is 15.9 Å². The second kappa shape index (κ2) is 6.91. The molecule has 1 saturated carbocycles. The Balaban J connectivity index is 1.48. The second-order valence-corrected chi connectivity index (χ2v) is 6.44. The highest BCUT2D eigenvalue weighted by Gasteiger charge is 2.47. The molecule has 1 aromatic carbocycles. The lowest BCUT2D eigenvalue weighted by molar-refractivity contribution is -0.125. The Kier molecular flexibility index (Phi) is 4.71. The monoisotopic (exact) mass is 373 g/mol. The first-order valence-electron chi connectivity index (χ1n) is 7.36. The zero-order valence-electron chi connectivity index (χ0n) is 12.3. The van der Waals surface area contributed by atoms with E-state index in [1.165, 1.54) is 0 Å². The van der Waals surface area contributed by atoms with Crippen LogP contribution in [0.1, 0.15) is 12.0 Å². The number of aromatic nitrogens is 1. The summed E-state index contributed by atoms with van der Waals surface area (Å²) in [5.74, 6) is -0.672. The van der Waals surface area contributed by atoms with Gasteiger partial charge in [-0.2, -0.15) is 0 Å². The molecular formula is C17H16BrN3O2. The maximum Gasteiger partial charge on any atom is 0.228 e. The first-order valence-corrected chi connectivity index (χ1v) is 8.16. The van der Waals surface area contributed by atoms with Gasteiger partial charge in [0.1, 0.15) is 0 Å². The number of amides is 2. The molecule has 118 valence electrons. The fraction of sp³-hybridized carbons (Fsp3) is 0.235. The van der Waals surface area contributed by atoms with Crippen molar-refractivity contribution in [3.63, 3.8) is 0 Å². The molecule has 1 fully saturated rings. The zero-order valence-corrected chi connectivity index (χ0v) is 13.9. The van der Waals surface area contributed by atoms with Gasteiger partial charge < -0.3 is 10.6 Å². The minimum atomic E-state index is -0.247. The van der Waals surface area contributed by atoms with Gasteiger partial charge in [0.15, 0.2) is 0 Å². The molecule has 2 aromatic rings. The van der Waals surface area contributed by atoms with Crippen LogP contribution in [0.25, 0.3) is 0 Å². The van der Waals surface area contributed by atoms with Gasteiger partial charge in [-0.25, -0.2) is 0 Å². The second-order valence-electron chi connectivity index (χ2n) is 5.53. The quantitative estimate of drug-likeness (QED) is 0.846. The number of nitrogens with zero attached hydrogens (tertiary/aromatic N) is 1. The van der Waals surface area contributed by atoms with Gasteiger partial charge in [-0.1, -0.05) is 28.1 Å². The molecule has 1 heterocycles. The molecule has 2 atom stereocenters. The lowest BCUT2D eigenvalue weighted by Crippen LogP contribution is -2.27. The first-order chi connectivity index (χ1) is 11.1. The zero-order chi connectivity index (χ0) is 16.2. The molecular weight excluding hydrogens is 358 g/mol. The summed E-state index contributed by atoms with van der Waals surface area (Å²) in [5, 5.41) is 5.70. The van der Waals surface area contributed by atoms with Crippen molar-refractivity contribution in [3.8, 4) is 0 Å². The average molecular weight is 374 g/mol. The molecule has 23 heavy (non-hydrogen) atoms. The van der Waals surface area contributed by atoms with Crippen molar-refractivity contribution >= 4 is 33.4 Å². The van der Waals surface area contributed by atoms with Crippen molar-refractivity contribution in [3.05, 3.63) is 58.8 Å². The smallest absolute Gasteiger partial charge is 0.228 e. The summed E-state index contributed by atoms with van der Waals surface area (Å²) in [7, 11) is 0. The summed E-state index contributed by atoms with van der Waals surface area (Å²) in [6.07, 6.45) is 4.00. The van der Waals surface area contributed by atoms with Gasteiger partial charge >= 0.3 is 0 Å². The highest BCUT2D eigenvalue weighted by Crippen LogP contribution is 2.39. The average Bonchev–Trinajstić information content (AvgIpc) is 3.34. The number of hydrogen-bond acceptors (Lipinski definition) is 3. The molecule has 1 aliphatic rings. The SMILES string of the molecule is O=C(NCc1cccnc1)C1CC1C(=O)Nc1cccc(Br)c1. The summed E-state index contributed by atoms with van der Waals surface area (Å²) >= 11 is 3.36. The molecule has 0 spiro atoms. The number of carbonyl (C=O) groups is 2. The Labute approximate surface area is 142 Å². The molecule has 3 rings (SSSR count). The molecule has 5 nitrogen and oxygen atoms in total. The minimum absolute atomic E-state index is 0.0803. The Morgan fingerprint density at radius 1 is 1.17 bits per heavy atom. The highest BCUT2D eigenvalue weighted by atomic mass is 79.9. The number of halogens is 1. The van der Waals surface area contributed by atoms with E-state index in [-0.39, 0.29) is 23.7 Å².